The van der Waals surface area contributed by atoms with Gasteiger partial charge in [-0.05, 0) is 44.9 Å². The van der Waals surface area contributed by atoms with Gasteiger partial charge in [-0.1, -0.05) is 179 Å². The summed E-state index contributed by atoms with van der Waals surface area (Å²) in [4.78, 5) is 35.0. The molecule has 0 saturated heterocycles. The number of aliphatic hydroxyl groups is 2. The molecule has 3 atom stereocenters. The van der Waals surface area contributed by atoms with Gasteiger partial charge in [0.05, 0.1) is 19.8 Å². The van der Waals surface area contributed by atoms with Gasteiger partial charge in [0.25, 0.3) is 0 Å². The number of aliphatic hydroxyl groups excluding tert-OH is 2. The van der Waals surface area contributed by atoms with Crippen LogP contribution in [0.4, 0.5) is 0 Å². The van der Waals surface area contributed by atoms with Crippen LogP contribution in [0, 0.1) is 0 Å². The fourth-order valence-corrected chi connectivity index (χ4v) is 7.11. The van der Waals surface area contributed by atoms with Crippen LogP contribution in [0.1, 0.15) is 213 Å². The Morgan fingerprint density at radius 1 is 0.536 bits per heavy atom. The number of rotatable bonds is 43. The number of phosphoric ester groups is 1. The van der Waals surface area contributed by atoms with E-state index in [1.807, 2.05) is 0 Å². The molecule has 1 unspecified atom stereocenters. The van der Waals surface area contributed by atoms with Crippen molar-refractivity contribution in [1.82, 2.24) is 0 Å². The number of hydrogen-bond donors (Lipinski definition) is 3. The molecule has 0 heterocycles. The molecule has 0 aromatic rings. The fraction of sp³-hybridized carbons (Fsp3) is 0.867. The van der Waals surface area contributed by atoms with E-state index in [1.165, 1.54) is 109 Å². The molecular formula is C45H85O10P. The van der Waals surface area contributed by atoms with Crippen molar-refractivity contribution in [2.75, 3.05) is 26.4 Å². The van der Waals surface area contributed by atoms with Gasteiger partial charge in [0.15, 0.2) is 6.10 Å². The number of carbonyl (C=O) groups is 2. The lowest BCUT2D eigenvalue weighted by Gasteiger charge is -2.20. The Morgan fingerprint density at radius 2 is 0.929 bits per heavy atom. The van der Waals surface area contributed by atoms with Crippen LogP contribution in [0.25, 0.3) is 0 Å². The van der Waals surface area contributed by atoms with Crippen molar-refractivity contribution in [3.8, 4) is 0 Å². The van der Waals surface area contributed by atoms with Crippen molar-refractivity contribution in [2.45, 2.75) is 225 Å². The van der Waals surface area contributed by atoms with Crippen LogP contribution in [0.5, 0.6) is 0 Å². The number of hydrogen-bond acceptors (Lipinski definition) is 9. The lowest BCUT2D eigenvalue weighted by molar-refractivity contribution is -0.161. The van der Waals surface area contributed by atoms with Gasteiger partial charge in [-0.15, -0.1) is 0 Å². The van der Waals surface area contributed by atoms with Gasteiger partial charge in [0.2, 0.25) is 0 Å². The van der Waals surface area contributed by atoms with Crippen LogP contribution in [0.2, 0.25) is 0 Å². The Labute approximate surface area is 342 Å². The summed E-state index contributed by atoms with van der Waals surface area (Å²) < 4.78 is 32.7. The maximum atomic E-state index is 12.6. The predicted molar refractivity (Wildman–Crippen MR) is 228 cm³/mol. The molecule has 56 heavy (non-hydrogen) atoms. The molecule has 0 radical (unpaired) electrons. The van der Waals surface area contributed by atoms with Gasteiger partial charge in [0.1, 0.15) is 12.7 Å². The molecule has 0 fully saturated rings. The Bertz CT molecular complexity index is 988. The maximum Gasteiger partial charge on any atom is 0.472 e. The highest BCUT2D eigenvalue weighted by atomic mass is 31.2. The Hall–Kier alpha value is -1.55. The third-order valence-corrected chi connectivity index (χ3v) is 10.8. The van der Waals surface area contributed by atoms with E-state index in [-0.39, 0.29) is 19.4 Å². The number of phosphoric acid groups is 1. The van der Waals surface area contributed by atoms with Gasteiger partial charge in [-0.3, -0.25) is 18.6 Å². The molecule has 0 aliphatic carbocycles. The van der Waals surface area contributed by atoms with Crippen molar-refractivity contribution in [2.24, 2.45) is 0 Å². The first kappa shape index (κ1) is 54.5. The molecule has 0 bridgehead atoms. The molecule has 0 spiro atoms. The molecule has 10 nitrogen and oxygen atoms in total. The van der Waals surface area contributed by atoms with E-state index < -0.39 is 51.8 Å². The predicted octanol–water partition coefficient (Wildman–Crippen LogP) is 12.2. The molecule has 0 aliphatic heterocycles. The molecule has 0 aromatic heterocycles. The first-order chi connectivity index (χ1) is 27.2. The highest BCUT2D eigenvalue weighted by Gasteiger charge is 2.27. The van der Waals surface area contributed by atoms with Crippen molar-refractivity contribution >= 4 is 19.8 Å². The second-order valence-electron chi connectivity index (χ2n) is 15.4. The van der Waals surface area contributed by atoms with Gasteiger partial charge in [0, 0.05) is 12.8 Å². The minimum Gasteiger partial charge on any atom is -0.462 e. The number of ether oxygens (including phenoxy) is 2. The zero-order chi connectivity index (χ0) is 41.2. The third-order valence-electron chi connectivity index (χ3n) is 9.86. The Kier molecular flexibility index (Phi) is 40.5. The smallest absolute Gasteiger partial charge is 0.462 e. The maximum absolute atomic E-state index is 12.6. The molecule has 11 heteroatoms. The third kappa shape index (κ3) is 40.6. The summed E-state index contributed by atoms with van der Waals surface area (Å²) in [6.07, 6.45) is 41.4. The monoisotopic (exact) mass is 817 g/mol. The van der Waals surface area contributed by atoms with E-state index in [0.717, 1.165) is 64.2 Å². The Balaban J connectivity index is 4.24. The summed E-state index contributed by atoms with van der Waals surface area (Å²) in [5.41, 5.74) is 0. The van der Waals surface area contributed by atoms with E-state index >= 15 is 0 Å². The lowest BCUT2D eigenvalue weighted by atomic mass is 10.0. The largest absolute Gasteiger partial charge is 0.472 e. The number of allylic oxidation sites excluding steroid dienone is 4. The van der Waals surface area contributed by atoms with E-state index in [4.69, 9.17) is 23.6 Å². The molecule has 3 N–H and O–H groups in total. The van der Waals surface area contributed by atoms with Crippen LogP contribution >= 0.6 is 7.82 Å². The highest BCUT2D eigenvalue weighted by Crippen LogP contribution is 2.43. The summed E-state index contributed by atoms with van der Waals surface area (Å²) in [7, 11) is -4.62. The normalized spacial score (nSPS) is 14.0. The average molecular weight is 817 g/mol. The zero-order valence-electron chi connectivity index (χ0n) is 35.9. The van der Waals surface area contributed by atoms with Crippen LogP contribution < -0.4 is 0 Å². The lowest BCUT2D eigenvalue weighted by Crippen LogP contribution is -2.29. The molecule has 0 aliphatic rings. The van der Waals surface area contributed by atoms with E-state index in [1.54, 1.807) is 0 Å². The fourth-order valence-electron chi connectivity index (χ4n) is 6.32. The highest BCUT2D eigenvalue weighted by molar-refractivity contribution is 7.47. The zero-order valence-corrected chi connectivity index (χ0v) is 36.8. The average Bonchev–Trinajstić information content (AvgIpc) is 3.19. The number of carbonyl (C=O) groups excluding carboxylic acids is 2. The quantitative estimate of drug-likeness (QED) is 0.0235. The summed E-state index contributed by atoms with van der Waals surface area (Å²) in [5, 5.41) is 18.3. The second-order valence-corrected chi connectivity index (χ2v) is 16.9. The van der Waals surface area contributed by atoms with Crippen LogP contribution in [0.15, 0.2) is 24.3 Å². The second kappa shape index (κ2) is 41.6. The molecule has 0 aromatic carbocycles. The van der Waals surface area contributed by atoms with E-state index in [9.17, 15) is 24.2 Å². The first-order valence-corrected chi connectivity index (χ1v) is 24.3. The standard InChI is InChI=1S/C45H85O10P/c1-3-5-7-9-11-13-15-17-19-20-21-23-24-26-28-30-32-34-36-44(48)52-40-43(41-54-56(50,51)53-39-42(47)38-46)55-45(49)37-35-33-31-29-27-25-22-18-16-14-12-10-8-6-4-2/h12,14,18,22,42-43,46-47H,3-11,13,15-17,19-21,23-41H2,1-2H3,(H,50,51)/b14-12+,22-18+/t42-,43+/m0/s1. The Morgan fingerprint density at radius 3 is 1.41 bits per heavy atom. The van der Waals surface area contributed by atoms with Crippen LogP contribution in [-0.4, -0.2) is 65.7 Å². The topological polar surface area (TPSA) is 149 Å². The van der Waals surface area contributed by atoms with Gasteiger partial charge in [-0.25, -0.2) is 4.57 Å². The minimum absolute atomic E-state index is 0.171. The van der Waals surface area contributed by atoms with Gasteiger partial charge in [-0.2, -0.15) is 0 Å². The van der Waals surface area contributed by atoms with Crippen molar-refractivity contribution in [3.05, 3.63) is 24.3 Å². The van der Waals surface area contributed by atoms with Gasteiger partial charge >= 0.3 is 19.8 Å². The van der Waals surface area contributed by atoms with Crippen LogP contribution in [0.3, 0.4) is 0 Å². The molecule has 0 saturated carbocycles. The molecule has 0 rings (SSSR count). The summed E-state index contributed by atoms with van der Waals surface area (Å²) in [6.45, 7) is 2.36. The van der Waals surface area contributed by atoms with Crippen LogP contribution in [-0.2, 0) is 32.7 Å². The summed E-state index contributed by atoms with van der Waals surface area (Å²) >= 11 is 0. The van der Waals surface area contributed by atoms with E-state index in [0.29, 0.717) is 12.8 Å². The molecule has 330 valence electrons. The number of esters is 2. The summed E-state index contributed by atoms with van der Waals surface area (Å²) in [5.74, 6) is -0.931. The van der Waals surface area contributed by atoms with Crippen molar-refractivity contribution in [1.29, 1.82) is 0 Å². The molecular weight excluding hydrogens is 731 g/mol. The van der Waals surface area contributed by atoms with E-state index in [2.05, 4.69) is 38.2 Å². The summed E-state index contributed by atoms with van der Waals surface area (Å²) in [6, 6.07) is 0. The van der Waals surface area contributed by atoms with Crippen molar-refractivity contribution < 1.29 is 47.8 Å². The molecule has 0 amide bonds. The SMILES string of the molecule is CCCCC/C=C/C/C=C/CCCCCCCC(=O)O[C@H](COC(=O)CCCCCCCCCCCCCCCCCCCC)COP(=O)(O)OC[C@@H](O)CO. The van der Waals surface area contributed by atoms with Crippen molar-refractivity contribution in [3.63, 3.8) is 0 Å². The number of unbranched alkanes of at least 4 members (excludes halogenated alkanes) is 25. The first-order valence-electron chi connectivity index (χ1n) is 22.8. The van der Waals surface area contributed by atoms with Gasteiger partial charge < -0.3 is 24.6 Å². The minimum atomic E-state index is -4.62.